The summed E-state index contributed by atoms with van der Waals surface area (Å²) in [5.41, 5.74) is 0. The fourth-order valence-electron chi connectivity index (χ4n) is 2.22. The summed E-state index contributed by atoms with van der Waals surface area (Å²) in [6, 6.07) is -0.322. The number of hydrogen-bond acceptors (Lipinski definition) is 4. The topological polar surface area (TPSA) is 124 Å². The maximum atomic E-state index is 12.7. The second-order valence-corrected chi connectivity index (χ2v) is 9.14. The molecule has 3 N–H and O–H groups in total. The van der Waals surface area contributed by atoms with Crippen molar-refractivity contribution in [2.45, 2.75) is 51.5 Å². The molecule has 0 aliphatic rings. The van der Waals surface area contributed by atoms with Crippen LogP contribution in [0.5, 0.6) is 0 Å². The quantitative estimate of drug-likeness (QED) is 0.572. The summed E-state index contributed by atoms with van der Waals surface area (Å²) in [5, 5.41) is 0. The highest BCUT2D eigenvalue weighted by Crippen LogP contribution is 2.73. The maximum Gasteiger partial charge on any atom is 0.355 e. The molecule has 0 aromatic heterocycles. The van der Waals surface area contributed by atoms with Gasteiger partial charge in [-0.15, -0.1) is 0 Å². The third-order valence-corrected chi connectivity index (χ3v) is 8.71. The summed E-state index contributed by atoms with van der Waals surface area (Å²) in [6.07, 6.45) is 0.0356. The predicted octanol–water partition coefficient (Wildman–Crippen LogP) is 1.75. The first-order chi connectivity index (χ1) is 9.46. The number of hydrogen-bond donors (Lipinski definition) is 3. The molecule has 0 saturated carbocycles. The Hall–Kier alpha value is -0.230. The standard InChI is InChI=1S/C11H25NO7P2/c1-6-9(4)12(8-3)10(13)11(7-2,20(14,15)16)21(17,18)19-5/h9H,6-8H2,1-5H3,(H,17,18)(H2,14,15,16). The normalized spacial score (nSPS) is 19.4. The van der Waals surface area contributed by atoms with Gasteiger partial charge < -0.3 is 24.1 Å². The van der Waals surface area contributed by atoms with Crippen molar-refractivity contribution in [1.29, 1.82) is 0 Å². The van der Waals surface area contributed by atoms with Gasteiger partial charge in [0.1, 0.15) is 0 Å². The van der Waals surface area contributed by atoms with Crippen LogP contribution >= 0.6 is 15.2 Å². The lowest BCUT2D eigenvalue weighted by atomic mass is 10.2. The van der Waals surface area contributed by atoms with Crippen molar-refractivity contribution < 1.29 is 33.1 Å². The molecule has 0 rings (SSSR count). The summed E-state index contributed by atoms with van der Waals surface area (Å²) in [7, 11) is -9.26. The number of rotatable bonds is 8. The van der Waals surface area contributed by atoms with Gasteiger partial charge >= 0.3 is 15.2 Å². The van der Waals surface area contributed by atoms with Crippen LogP contribution in [0.3, 0.4) is 0 Å². The number of amides is 1. The Morgan fingerprint density at radius 3 is 1.95 bits per heavy atom. The molecule has 8 nitrogen and oxygen atoms in total. The molecule has 0 spiro atoms. The van der Waals surface area contributed by atoms with Gasteiger partial charge in [-0.25, -0.2) is 0 Å². The Morgan fingerprint density at radius 2 is 1.71 bits per heavy atom. The van der Waals surface area contributed by atoms with E-state index in [-0.39, 0.29) is 12.6 Å². The van der Waals surface area contributed by atoms with Crippen LogP contribution in [-0.4, -0.2) is 50.1 Å². The van der Waals surface area contributed by atoms with Crippen molar-refractivity contribution in [2.24, 2.45) is 0 Å². The smallest absolute Gasteiger partial charge is 0.339 e. The molecule has 0 bridgehead atoms. The van der Waals surface area contributed by atoms with Crippen LogP contribution in [0.2, 0.25) is 0 Å². The minimum absolute atomic E-state index is 0.166. The SMILES string of the molecule is CCC(C)N(CC)C(=O)C(CC)(P(=O)(O)O)P(=O)(O)OC. The van der Waals surface area contributed by atoms with Gasteiger partial charge in [0.15, 0.2) is 0 Å². The molecule has 0 aliphatic heterocycles. The lowest BCUT2D eigenvalue weighted by molar-refractivity contribution is -0.134. The summed E-state index contributed by atoms with van der Waals surface area (Å²) in [4.78, 5) is 40.3. The molecule has 10 heteroatoms. The zero-order valence-electron chi connectivity index (χ0n) is 13.0. The highest BCUT2D eigenvalue weighted by Gasteiger charge is 2.66. The van der Waals surface area contributed by atoms with E-state index in [9.17, 15) is 28.6 Å². The van der Waals surface area contributed by atoms with E-state index in [4.69, 9.17) is 0 Å². The fraction of sp³-hybridized carbons (Fsp3) is 0.909. The molecule has 1 amide bonds. The Balaban J connectivity index is 6.24. The average molecular weight is 345 g/mol. The first-order valence-electron chi connectivity index (χ1n) is 6.72. The van der Waals surface area contributed by atoms with Gasteiger partial charge in [0.05, 0.1) is 0 Å². The molecular weight excluding hydrogens is 320 g/mol. The molecule has 0 radical (unpaired) electrons. The first-order valence-corrected chi connectivity index (χ1v) is 9.91. The molecule has 0 aromatic carbocycles. The molecule has 0 heterocycles. The molecule has 0 aliphatic carbocycles. The molecular formula is C11H25NO7P2. The van der Waals surface area contributed by atoms with Gasteiger partial charge in [-0.2, -0.15) is 0 Å². The van der Waals surface area contributed by atoms with Gasteiger partial charge in [0, 0.05) is 19.7 Å². The second-order valence-electron chi connectivity index (χ2n) is 4.77. The van der Waals surface area contributed by atoms with Crippen molar-refractivity contribution in [1.82, 2.24) is 4.90 Å². The third kappa shape index (κ3) is 3.58. The van der Waals surface area contributed by atoms with Gasteiger partial charge in [-0.05, 0) is 26.7 Å². The number of carbonyl (C=O) groups excluding carboxylic acids is 1. The highest BCUT2D eigenvalue weighted by molar-refractivity contribution is 7.74. The minimum Gasteiger partial charge on any atom is -0.339 e. The Labute approximate surface area is 125 Å². The highest BCUT2D eigenvalue weighted by atomic mass is 31.2. The van der Waals surface area contributed by atoms with E-state index < -0.39 is 32.4 Å². The van der Waals surface area contributed by atoms with Crippen molar-refractivity contribution in [3.05, 3.63) is 0 Å². The monoisotopic (exact) mass is 345 g/mol. The Kier molecular flexibility index (Phi) is 7.28. The Morgan fingerprint density at radius 1 is 1.24 bits per heavy atom. The van der Waals surface area contributed by atoms with E-state index in [1.165, 1.54) is 11.8 Å². The van der Waals surface area contributed by atoms with Gasteiger partial charge in [0.2, 0.25) is 4.90 Å². The van der Waals surface area contributed by atoms with Crippen molar-refractivity contribution in [3.8, 4) is 0 Å². The summed E-state index contributed by atoms with van der Waals surface area (Å²) >= 11 is 0. The van der Waals surface area contributed by atoms with Gasteiger partial charge in [-0.1, -0.05) is 13.8 Å². The molecule has 3 unspecified atom stereocenters. The van der Waals surface area contributed by atoms with Gasteiger partial charge in [-0.3, -0.25) is 13.9 Å². The summed E-state index contributed by atoms with van der Waals surface area (Å²) in [6.45, 7) is 6.60. The van der Waals surface area contributed by atoms with E-state index in [1.54, 1.807) is 20.8 Å². The summed E-state index contributed by atoms with van der Waals surface area (Å²) < 4.78 is 28.6. The second kappa shape index (κ2) is 7.36. The van der Waals surface area contributed by atoms with Crippen LogP contribution in [0.4, 0.5) is 0 Å². The molecule has 3 atom stereocenters. The molecule has 21 heavy (non-hydrogen) atoms. The van der Waals surface area contributed by atoms with Crippen molar-refractivity contribution in [2.75, 3.05) is 13.7 Å². The molecule has 0 aromatic rings. The zero-order chi connectivity index (χ0) is 17.1. The molecule has 126 valence electrons. The largest absolute Gasteiger partial charge is 0.355 e. The van der Waals surface area contributed by atoms with Crippen LogP contribution in [0.15, 0.2) is 0 Å². The van der Waals surface area contributed by atoms with E-state index in [1.807, 2.05) is 0 Å². The molecule has 0 saturated heterocycles. The van der Waals surface area contributed by atoms with Crippen LogP contribution in [0.1, 0.15) is 40.5 Å². The lowest BCUT2D eigenvalue weighted by Crippen LogP contribution is -2.51. The van der Waals surface area contributed by atoms with Crippen LogP contribution < -0.4 is 0 Å². The zero-order valence-corrected chi connectivity index (χ0v) is 14.8. The van der Waals surface area contributed by atoms with E-state index in [0.29, 0.717) is 6.42 Å². The van der Waals surface area contributed by atoms with Crippen LogP contribution in [-0.2, 0) is 18.4 Å². The van der Waals surface area contributed by atoms with E-state index in [2.05, 4.69) is 4.52 Å². The van der Waals surface area contributed by atoms with Crippen LogP contribution in [0, 0.1) is 0 Å². The van der Waals surface area contributed by atoms with Gasteiger partial charge in [0.25, 0.3) is 5.91 Å². The first kappa shape index (κ1) is 20.8. The number of carbonyl (C=O) groups is 1. The molecule has 0 fully saturated rings. The van der Waals surface area contributed by atoms with Crippen molar-refractivity contribution in [3.63, 3.8) is 0 Å². The third-order valence-electron chi connectivity index (χ3n) is 3.76. The van der Waals surface area contributed by atoms with E-state index in [0.717, 1.165) is 7.11 Å². The Bertz CT molecular complexity index is 463. The van der Waals surface area contributed by atoms with Crippen molar-refractivity contribution >= 4 is 21.1 Å². The number of nitrogens with zero attached hydrogens (tertiary/aromatic N) is 1. The average Bonchev–Trinajstić information content (AvgIpc) is 2.38. The fourth-order valence-corrected chi connectivity index (χ4v) is 5.65. The predicted molar refractivity (Wildman–Crippen MR) is 79.0 cm³/mol. The minimum atomic E-state index is -5.25. The maximum absolute atomic E-state index is 12.7. The lowest BCUT2D eigenvalue weighted by Gasteiger charge is -2.39. The van der Waals surface area contributed by atoms with Crippen LogP contribution in [0.25, 0.3) is 0 Å². The van der Waals surface area contributed by atoms with E-state index >= 15 is 0 Å². The summed E-state index contributed by atoms with van der Waals surface area (Å²) in [5.74, 6) is -1.05.